The van der Waals surface area contributed by atoms with E-state index >= 15 is 0 Å². The monoisotopic (exact) mass is 224 g/mol. The molecule has 6 heteroatoms. The molecule has 16 heavy (non-hydrogen) atoms. The minimum Gasteiger partial charge on any atom is -0.309 e. The summed E-state index contributed by atoms with van der Waals surface area (Å²) in [7, 11) is 0. The molecule has 0 aliphatic rings. The summed E-state index contributed by atoms with van der Waals surface area (Å²) in [5.41, 5.74) is -0.597. The van der Waals surface area contributed by atoms with E-state index in [4.69, 9.17) is 0 Å². The van der Waals surface area contributed by atoms with Gasteiger partial charge in [-0.25, -0.2) is 4.98 Å². The van der Waals surface area contributed by atoms with E-state index in [1.807, 2.05) is 20.8 Å². The molecule has 2 aromatic heterocycles. The highest BCUT2D eigenvalue weighted by Gasteiger charge is 2.24. The zero-order chi connectivity index (χ0) is 12.1. The SMILES string of the molecule is Cc1nc2c(nc(F)n2C(C)(C)C)c(=O)[nH]1. The number of halogens is 1. The Bertz CT molecular complexity index is 606. The van der Waals surface area contributed by atoms with Gasteiger partial charge in [-0.3, -0.25) is 9.36 Å². The zero-order valence-corrected chi connectivity index (χ0v) is 9.63. The fraction of sp³-hybridized carbons (Fsp3) is 0.500. The smallest absolute Gasteiger partial charge is 0.292 e. The van der Waals surface area contributed by atoms with Gasteiger partial charge in [-0.2, -0.15) is 9.37 Å². The molecule has 0 radical (unpaired) electrons. The van der Waals surface area contributed by atoms with Gasteiger partial charge in [-0.1, -0.05) is 0 Å². The normalized spacial score (nSPS) is 12.3. The first kappa shape index (κ1) is 10.8. The van der Waals surface area contributed by atoms with Crippen molar-refractivity contribution < 1.29 is 4.39 Å². The van der Waals surface area contributed by atoms with Crippen LogP contribution in [0.15, 0.2) is 4.79 Å². The molecular formula is C10H13FN4O. The number of rotatable bonds is 0. The van der Waals surface area contributed by atoms with Gasteiger partial charge in [0, 0.05) is 5.54 Å². The molecule has 0 atom stereocenters. The average Bonchev–Trinajstić information content (AvgIpc) is 2.40. The number of aryl methyl sites for hydroxylation is 1. The van der Waals surface area contributed by atoms with Crippen LogP contribution in [0.5, 0.6) is 0 Å². The highest BCUT2D eigenvalue weighted by Crippen LogP contribution is 2.21. The van der Waals surface area contributed by atoms with Gasteiger partial charge < -0.3 is 4.98 Å². The molecule has 0 fully saturated rings. The van der Waals surface area contributed by atoms with Crippen molar-refractivity contribution in [1.29, 1.82) is 0 Å². The molecule has 0 unspecified atom stereocenters. The van der Waals surface area contributed by atoms with Crippen molar-refractivity contribution in [2.75, 3.05) is 0 Å². The van der Waals surface area contributed by atoms with Gasteiger partial charge in [0.25, 0.3) is 11.6 Å². The maximum absolute atomic E-state index is 13.7. The van der Waals surface area contributed by atoms with E-state index in [0.717, 1.165) is 0 Å². The zero-order valence-electron chi connectivity index (χ0n) is 9.63. The summed E-state index contributed by atoms with van der Waals surface area (Å²) in [5, 5.41) is 0. The van der Waals surface area contributed by atoms with E-state index in [2.05, 4.69) is 15.0 Å². The highest BCUT2D eigenvalue weighted by molar-refractivity contribution is 5.69. The Morgan fingerprint density at radius 1 is 1.31 bits per heavy atom. The quantitative estimate of drug-likeness (QED) is 0.686. The minimum atomic E-state index is -0.689. The lowest BCUT2D eigenvalue weighted by atomic mass is 10.1. The topological polar surface area (TPSA) is 63.6 Å². The van der Waals surface area contributed by atoms with Gasteiger partial charge in [0.2, 0.25) is 0 Å². The average molecular weight is 224 g/mol. The second kappa shape index (κ2) is 3.13. The summed E-state index contributed by atoms with van der Waals surface area (Å²) in [4.78, 5) is 21.8. The van der Waals surface area contributed by atoms with Crippen LogP contribution >= 0.6 is 0 Å². The molecule has 0 aromatic carbocycles. The number of nitrogens with zero attached hydrogens (tertiary/aromatic N) is 3. The molecule has 0 aliphatic carbocycles. The van der Waals surface area contributed by atoms with Gasteiger partial charge in [0.1, 0.15) is 5.82 Å². The Morgan fingerprint density at radius 3 is 2.50 bits per heavy atom. The van der Waals surface area contributed by atoms with Crippen LogP contribution in [0, 0.1) is 13.0 Å². The second-order valence-electron chi connectivity index (χ2n) is 4.71. The Kier molecular flexibility index (Phi) is 2.11. The minimum absolute atomic E-state index is 0.0398. The number of hydrogen-bond donors (Lipinski definition) is 1. The maximum atomic E-state index is 13.7. The van der Waals surface area contributed by atoms with Crippen molar-refractivity contribution in [3.05, 3.63) is 22.3 Å². The summed E-state index contributed by atoms with van der Waals surface area (Å²) >= 11 is 0. The molecule has 86 valence electrons. The lowest BCUT2D eigenvalue weighted by Crippen LogP contribution is -2.24. The number of aromatic amines is 1. The largest absolute Gasteiger partial charge is 0.309 e. The van der Waals surface area contributed by atoms with Crippen LogP contribution in [0.4, 0.5) is 4.39 Å². The van der Waals surface area contributed by atoms with E-state index in [9.17, 15) is 9.18 Å². The Labute approximate surface area is 91.3 Å². The van der Waals surface area contributed by atoms with Crippen LogP contribution in [-0.2, 0) is 5.54 Å². The van der Waals surface area contributed by atoms with Crippen LogP contribution in [0.1, 0.15) is 26.6 Å². The van der Waals surface area contributed by atoms with Gasteiger partial charge in [0.15, 0.2) is 11.2 Å². The van der Waals surface area contributed by atoms with E-state index in [1.54, 1.807) is 6.92 Å². The van der Waals surface area contributed by atoms with Crippen molar-refractivity contribution in [2.45, 2.75) is 33.2 Å². The molecule has 2 heterocycles. The molecule has 2 aromatic rings. The van der Waals surface area contributed by atoms with Gasteiger partial charge in [0.05, 0.1) is 0 Å². The molecule has 0 amide bonds. The fourth-order valence-electron chi connectivity index (χ4n) is 1.65. The molecule has 2 rings (SSSR count). The summed E-state index contributed by atoms with van der Waals surface area (Å²) in [6, 6.07) is 0. The number of imidazole rings is 1. The first-order valence-corrected chi connectivity index (χ1v) is 4.96. The van der Waals surface area contributed by atoms with E-state index in [1.165, 1.54) is 4.57 Å². The Morgan fingerprint density at radius 2 is 1.94 bits per heavy atom. The standard InChI is InChI=1S/C10H13FN4O/c1-5-12-7-6(8(16)13-5)14-9(11)15(7)10(2,3)4/h1-4H3,(H,12,13,16). The summed E-state index contributed by atoms with van der Waals surface area (Å²) in [6.07, 6.45) is -0.689. The predicted molar refractivity (Wildman–Crippen MR) is 57.8 cm³/mol. The number of fused-ring (bicyclic) bond motifs is 1. The molecule has 5 nitrogen and oxygen atoms in total. The fourth-order valence-corrected chi connectivity index (χ4v) is 1.65. The first-order valence-electron chi connectivity index (χ1n) is 4.96. The molecule has 0 saturated carbocycles. The van der Waals surface area contributed by atoms with Crippen molar-refractivity contribution >= 4 is 11.2 Å². The third-order valence-corrected chi connectivity index (χ3v) is 2.27. The van der Waals surface area contributed by atoms with Gasteiger partial charge >= 0.3 is 0 Å². The Hall–Kier alpha value is -1.72. The van der Waals surface area contributed by atoms with Crippen LogP contribution in [-0.4, -0.2) is 19.5 Å². The summed E-state index contributed by atoms with van der Waals surface area (Å²) in [5.74, 6) is 0.447. The molecular weight excluding hydrogens is 211 g/mol. The number of H-pyrrole nitrogens is 1. The van der Waals surface area contributed by atoms with Crippen molar-refractivity contribution in [3.8, 4) is 0 Å². The van der Waals surface area contributed by atoms with Crippen LogP contribution < -0.4 is 5.56 Å². The predicted octanol–water partition coefficient (Wildman–Crippen LogP) is 1.32. The summed E-state index contributed by atoms with van der Waals surface area (Å²) < 4.78 is 15.0. The van der Waals surface area contributed by atoms with E-state index in [0.29, 0.717) is 5.82 Å². The lowest BCUT2D eigenvalue weighted by Gasteiger charge is -2.21. The maximum Gasteiger partial charge on any atom is 0.292 e. The molecule has 1 N–H and O–H groups in total. The molecule has 0 aliphatic heterocycles. The van der Waals surface area contributed by atoms with Crippen molar-refractivity contribution in [1.82, 2.24) is 19.5 Å². The van der Waals surface area contributed by atoms with E-state index in [-0.39, 0.29) is 11.2 Å². The lowest BCUT2D eigenvalue weighted by molar-refractivity contribution is 0.335. The third kappa shape index (κ3) is 1.50. The third-order valence-electron chi connectivity index (χ3n) is 2.27. The van der Waals surface area contributed by atoms with Crippen molar-refractivity contribution in [2.24, 2.45) is 0 Å². The van der Waals surface area contributed by atoms with Crippen LogP contribution in [0.2, 0.25) is 0 Å². The van der Waals surface area contributed by atoms with Gasteiger partial charge in [-0.15, -0.1) is 0 Å². The number of nitrogens with one attached hydrogen (secondary N) is 1. The molecule has 0 bridgehead atoms. The first-order chi connectivity index (χ1) is 7.30. The number of aromatic nitrogens is 4. The molecule has 0 spiro atoms. The van der Waals surface area contributed by atoms with Gasteiger partial charge in [-0.05, 0) is 27.7 Å². The number of hydrogen-bond acceptors (Lipinski definition) is 3. The Balaban J connectivity index is 2.95. The highest BCUT2D eigenvalue weighted by atomic mass is 19.1. The van der Waals surface area contributed by atoms with E-state index < -0.39 is 17.2 Å². The summed E-state index contributed by atoms with van der Waals surface area (Å²) in [6.45, 7) is 7.14. The molecule has 0 saturated heterocycles. The second-order valence-corrected chi connectivity index (χ2v) is 4.71. The van der Waals surface area contributed by atoms with Crippen LogP contribution in [0.3, 0.4) is 0 Å². The van der Waals surface area contributed by atoms with Crippen molar-refractivity contribution in [3.63, 3.8) is 0 Å². The van der Waals surface area contributed by atoms with Crippen LogP contribution in [0.25, 0.3) is 11.2 Å².